The van der Waals surface area contributed by atoms with Crippen LogP contribution < -0.4 is 15.2 Å². The van der Waals surface area contributed by atoms with E-state index in [0.717, 1.165) is 42.7 Å². The number of hydrogen-bond donors (Lipinski definition) is 3. The number of aliphatic hydroxyl groups excluding tert-OH is 2. The molecule has 0 saturated carbocycles. The third kappa shape index (κ3) is 8.71. The number of halogens is 1. The van der Waals surface area contributed by atoms with Crippen LogP contribution in [0, 0.1) is 0 Å². The van der Waals surface area contributed by atoms with Crippen molar-refractivity contribution in [3.8, 4) is 17.2 Å². The van der Waals surface area contributed by atoms with E-state index < -0.39 is 5.54 Å². The van der Waals surface area contributed by atoms with Crippen LogP contribution in [0.25, 0.3) is 0 Å². The van der Waals surface area contributed by atoms with E-state index in [9.17, 15) is 10.2 Å². The lowest BCUT2D eigenvalue weighted by molar-refractivity contribution is 0.113. The van der Waals surface area contributed by atoms with Crippen molar-refractivity contribution < 1.29 is 19.7 Å². The summed E-state index contributed by atoms with van der Waals surface area (Å²) in [5.74, 6) is 2.17. The second kappa shape index (κ2) is 13.9. The highest BCUT2D eigenvalue weighted by molar-refractivity contribution is 5.85. The zero-order valence-electron chi connectivity index (χ0n) is 18.9. The fourth-order valence-electron chi connectivity index (χ4n) is 3.46. The van der Waals surface area contributed by atoms with Gasteiger partial charge in [0.15, 0.2) is 11.5 Å². The van der Waals surface area contributed by atoms with E-state index in [1.165, 1.54) is 5.56 Å². The Morgan fingerprint density at radius 3 is 1.94 bits per heavy atom. The minimum Gasteiger partial charge on any atom is -0.490 e. The molecule has 0 aromatic heterocycles. The highest BCUT2D eigenvalue weighted by Gasteiger charge is 2.22. The van der Waals surface area contributed by atoms with Crippen molar-refractivity contribution in [1.82, 2.24) is 0 Å². The van der Waals surface area contributed by atoms with Gasteiger partial charge in [0.25, 0.3) is 0 Å². The Bertz CT molecular complexity index is 930. The van der Waals surface area contributed by atoms with Gasteiger partial charge in [0.05, 0.1) is 25.4 Å². The number of ether oxygens (including phenoxy) is 2. The Morgan fingerprint density at radius 2 is 1.27 bits per heavy atom. The average Bonchev–Trinajstić information content (AvgIpc) is 2.84. The lowest BCUT2D eigenvalue weighted by Gasteiger charge is -2.24. The zero-order chi connectivity index (χ0) is 22.7. The number of nitrogens with two attached hydrogens (primary N) is 1. The van der Waals surface area contributed by atoms with Crippen LogP contribution in [0.5, 0.6) is 17.2 Å². The molecule has 0 unspecified atom stereocenters. The molecule has 178 valence electrons. The molecular formula is C27H34ClNO4. The summed E-state index contributed by atoms with van der Waals surface area (Å²) in [5.41, 5.74) is 7.48. The Labute approximate surface area is 202 Å². The molecule has 33 heavy (non-hydrogen) atoms. The molecule has 0 spiro atoms. The van der Waals surface area contributed by atoms with E-state index in [0.29, 0.717) is 18.8 Å². The van der Waals surface area contributed by atoms with Crippen molar-refractivity contribution in [3.05, 3.63) is 90.0 Å². The van der Waals surface area contributed by atoms with Gasteiger partial charge in [-0.3, -0.25) is 0 Å². The van der Waals surface area contributed by atoms with Crippen LogP contribution in [-0.2, 0) is 12.8 Å². The molecule has 6 heteroatoms. The average molecular weight is 472 g/mol. The fraction of sp³-hybridized carbons (Fsp3) is 0.333. The van der Waals surface area contributed by atoms with E-state index in [1.807, 2.05) is 54.6 Å². The maximum Gasteiger partial charge on any atom is 0.169 e. The van der Waals surface area contributed by atoms with Crippen LogP contribution in [-0.4, -0.2) is 35.6 Å². The normalized spacial score (nSPS) is 11.0. The lowest BCUT2D eigenvalue weighted by atomic mass is 9.94. The van der Waals surface area contributed by atoms with E-state index in [1.54, 1.807) is 0 Å². The molecule has 0 aliphatic rings. The third-order valence-corrected chi connectivity index (χ3v) is 5.48. The zero-order valence-corrected chi connectivity index (χ0v) is 19.7. The summed E-state index contributed by atoms with van der Waals surface area (Å²) in [6.07, 6.45) is 4.09. The number of aliphatic hydroxyl groups is 2. The second-order valence-electron chi connectivity index (χ2n) is 8.16. The smallest absolute Gasteiger partial charge is 0.169 e. The molecule has 3 aromatic carbocycles. The Kier molecular flexibility index (Phi) is 11.2. The Balaban J connectivity index is 0.00000385. The van der Waals surface area contributed by atoms with Crippen molar-refractivity contribution in [2.45, 2.75) is 37.6 Å². The Morgan fingerprint density at radius 1 is 0.697 bits per heavy atom. The van der Waals surface area contributed by atoms with Gasteiger partial charge < -0.3 is 25.4 Å². The van der Waals surface area contributed by atoms with Crippen molar-refractivity contribution in [2.75, 3.05) is 19.8 Å². The van der Waals surface area contributed by atoms with Gasteiger partial charge in [-0.2, -0.15) is 0 Å². The van der Waals surface area contributed by atoms with Crippen molar-refractivity contribution >= 4 is 12.4 Å². The predicted molar refractivity (Wildman–Crippen MR) is 134 cm³/mol. The summed E-state index contributed by atoms with van der Waals surface area (Å²) in [4.78, 5) is 0. The van der Waals surface area contributed by atoms with Gasteiger partial charge in [-0.05, 0) is 67.5 Å². The topological polar surface area (TPSA) is 84.9 Å². The van der Waals surface area contributed by atoms with Crippen molar-refractivity contribution in [3.63, 3.8) is 0 Å². The van der Waals surface area contributed by atoms with Crippen molar-refractivity contribution in [2.24, 2.45) is 5.73 Å². The van der Waals surface area contributed by atoms with Gasteiger partial charge in [0.2, 0.25) is 0 Å². The van der Waals surface area contributed by atoms with E-state index in [2.05, 4.69) is 24.3 Å². The van der Waals surface area contributed by atoms with E-state index in [-0.39, 0.29) is 25.6 Å². The molecule has 0 atom stereocenters. The molecule has 5 nitrogen and oxygen atoms in total. The minimum absolute atomic E-state index is 0. The molecule has 4 N–H and O–H groups in total. The van der Waals surface area contributed by atoms with Crippen LogP contribution in [0.2, 0.25) is 0 Å². The van der Waals surface area contributed by atoms with Crippen LogP contribution in [0.1, 0.15) is 30.4 Å². The molecule has 3 rings (SSSR count). The summed E-state index contributed by atoms with van der Waals surface area (Å²) >= 11 is 0. The highest BCUT2D eigenvalue weighted by Crippen LogP contribution is 2.31. The number of para-hydroxylation sites is 2. The van der Waals surface area contributed by atoms with E-state index >= 15 is 0 Å². The summed E-state index contributed by atoms with van der Waals surface area (Å²) in [7, 11) is 0. The largest absolute Gasteiger partial charge is 0.490 e. The lowest BCUT2D eigenvalue weighted by Crippen LogP contribution is -2.47. The molecule has 0 aliphatic heterocycles. The molecular weight excluding hydrogens is 438 g/mol. The van der Waals surface area contributed by atoms with Gasteiger partial charge in [-0.15, -0.1) is 12.4 Å². The van der Waals surface area contributed by atoms with E-state index in [4.69, 9.17) is 15.2 Å². The molecule has 0 aliphatic carbocycles. The van der Waals surface area contributed by atoms with Crippen molar-refractivity contribution in [1.29, 1.82) is 0 Å². The minimum atomic E-state index is -0.909. The van der Waals surface area contributed by atoms with Gasteiger partial charge >= 0.3 is 0 Å². The first-order chi connectivity index (χ1) is 15.6. The first kappa shape index (κ1) is 26.7. The van der Waals surface area contributed by atoms with Gasteiger partial charge in [0, 0.05) is 0 Å². The third-order valence-electron chi connectivity index (χ3n) is 5.48. The monoisotopic (exact) mass is 471 g/mol. The molecule has 0 radical (unpaired) electrons. The maximum atomic E-state index is 9.29. The molecule has 0 bridgehead atoms. The second-order valence-corrected chi connectivity index (χ2v) is 8.16. The number of aryl methyl sites for hydroxylation is 2. The Hall–Kier alpha value is -2.57. The number of benzene rings is 3. The summed E-state index contributed by atoms with van der Waals surface area (Å²) in [6, 6.07) is 26.0. The number of hydrogen-bond acceptors (Lipinski definition) is 5. The summed E-state index contributed by atoms with van der Waals surface area (Å²) in [6.45, 7) is 0.187. The first-order valence-electron chi connectivity index (χ1n) is 11.1. The highest BCUT2D eigenvalue weighted by atomic mass is 35.5. The molecule has 0 saturated heterocycles. The predicted octanol–water partition coefficient (Wildman–Crippen LogP) is 4.92. The number of rotatable bonds is 13. The molecule has 3 aromatic rings. The maximum absolute atomic E-state index is 9.29. The van der Waals surface area contributed by atoms with Crippen LogP contribution >= 0.6 is 12.4 Å². The van der Waals surface area contributed by atoms with Crippen LogP contribution in [0.15, 0.2) is 78.9 Å². The van der Waals surface area contributed by atoms with Gasteiger partial charge in [0.1, 0.15) is 5.75 Å². The van der Waals surface area contributed by atoms with Gasteiger partial charge in [-0.25, -0.2) is 0 Å². The molecule has 0 heterocycles. The van der Waals surface area contributed by atoms with Crippen LogP contribution in [0.3, 0.4) is 0 Å². The van der Waals surface area contributed by atoms with Crippen LogP contribution in [0.4, 0.5) is 0 Å². The summed E-state index contributed by atoms with van der Waals surface area (Å²) in [5, 5.41) is 18.6. The summed E-state index contributed by atoms with van der Waals surface area (Å²) < 4.78 is 12.0. The quantitative estimate of drug-likeness (QED) is 0.308. The first-order valence-corrected chi connectivity index (χ1v) is 11.1. The van der Waals surface area contributed by atoms with Gasteiger partial charge in [-0.1, -0.05) is 54.6 Å². The standard InChI is InChI=1S/C27H33NO4.ClH/c28-27(20-29,21-30)18-6-10-23-14-16-24(17-15-23)32-26-13-5-4-12-25(26)31-19-7-11-22-8-2-1-3-9-22;/h1-5,8-9,12-17,29-30H,6-7,10-11,18-21,28H2;1H. The fourth-order valence-corrected chi connectivity index (χ4v) is 3.46. The SMILES string of the molecule is Cl.NC(CO)(CO)CCCc1ccc(Oc2ccccc2OCCCc2ccccc2)cc1. The molecule has 0 fully saturated rings. The molecule has 0 amide bonds.